The molecular weight excluding hydrogens is 304 g/mol. The average molecular weight is 325 g/mol. The largest absolute Gasteiger partial charge is 0.325 e. The summed E-state index contributed by atoms with van der Waals surface area (Å²) in [5.74, 6) is 0.870. The number of nitrogens with zero attached hydrogens (tertiary/aromatic N) is 1. The van der Waals surface area contributed by atoms with Crippen LogP contribution in [0.1, 0.15) is 26.7 Å². The van der Waals surface area contributed by atoms with Crippen molar-refractivity contribution in [1.82, 2.24) is 4.90 Å². The highest BCUT2D eigenvalue weighted by Gasteiger charge is 2.24. The number of hydrogen-bond acceptors (Lipinski definition) is 2. The lowest BCUT2D eigenvalue weighted by Gasteiger charge is -2.34. The molecule has 1 aliphatic heterocycles. The second-order valence-electron chi connectivity index (χ2n) is 5.39. The minimum Gasteiger partial charge on any atom is -0.325 e. The first kappa shape index (κ1) is 14.5. The molecule has 3 nitrogen and oxygen atoms in total. The summed E-state index contributed by atoms with van der Waals surface area (Å²) in [6.07, 6.45) is 2.38. The van der Waals surface area contributed by atoms with Gasteiger partial charge in [0.15, 0.2) is 0 Å². The van der Waals surface area contributed by atoms with E-state index in [-0.39, 0.29) is 11.9 Å². The summed E-state index contributed by atoms with van der Waals surface area (Å²) in [5.41, 5.74) is 0.852. The SMILES string of the molecule is CC1CCN(C(C)C(=O)Nc2ccc(Br)cc2)CC1. The third kappa shape index (κ3) is 4.05. The number of nitrogens with one attached hydrogen (secondary N) is 1. The molecule has 0 radical (unpaired) electrons. The van der Waals surface area contributed by atoms with Gasteiger partial charge in [0.25, 0.3) is 0 Å². The number of benzene rings is 1. The van der Waals surface area contributed by atoms with Crippen LogP contribution >= 0.6 is 15.9 Å². The monoisotopic (exact) mass is 324 g/mol. The van der Waals surface area contributed by atoms with Crippen LogP contribution in [0.25, 0.3) is 0 Å². The summed E-state index contributed by atoms with van der Waals surface area (Å²) >= 11 is 3.39. The minimum absolute atomic E-state index is 0.0591. The van der Waals surface area contributed by atoms with E-state index in [4.69, 9.17) is 0 Å². The molecule has 4 heteroatoms. The van der Waals surface area contributed by atoms with Crippen molar-refractivity contribution in [2.24, 2.45) is 5.92 Å². The van der Waals surface area contributed by atoms with Crippen LogP contribution in [-0.2, 0) is 4.79 Å². The molecule has 1 heterocycles. The molecule has 0 aliphatic carbocycles. The number of halogens is 1. The van der Waals surface area contributed by atoms with E-state index in [1.807, 2.05) is 31.2 Å². The fourth-order valence-electron chi connectivity index (χ4n) is 2.36. The van der Waals surface area contributed by atoms with Crippen molar-refractivity contribution in [3.63, 3.8) is 0 Å². The zero-order valence-electron chi connectivity index (χ0n) is 11.5. The van der Waals surface area contributed by atoms with Crippen LogP contribution in [0, 0.1) is 5.92 Å². The van der Waals surface area contributed by atoms with Crippen LogP contribution in [-0.4, -0.2) is 29.9 Å². The molecule has 1 aliphatic rings. The summed E-state index contributed by atoms with van der Waals surface area (Å²) in [6.45, 7) is 6.32. The quantitative estimate of drug-likeness (QED) is 0.922. The van der Waals surface area contributed by atoms with Gasteiger partial charge in [0, 0.05) is 10.2 Å². The van der Waals surface area contributed by atoms with E-state index in [0.717, 1.165) is 29.2 Å². The molecule has 1 aromatic carbocycles. The number of amides is 1. The van der Waals surface area contributed by atoms with Crippen LogP contribution < -0.4 is 5.32 Å². The molecule has 1 saturated heterocycles. The third-order valence-corrected chi connectivity index (χ3v) is 4.39. The standard InChI is InChI=1S/C15H21BrN2O/c1-11-7-9-18(10-8-11)12(2)15(19)17-14-5-3-13(16)4-6-14/h3-6,11-12H,7-10H2,1-2H3,(H,17,19). The molecule has 0 bridgehead atoms. The van der Waals surface area contributed by atoms with Gasteiger partial charge in [0.1, 0.15) is 0 Å². The number of rotatable bonds is 3. The van der Waals surface area contributed by atoms with Gasteiger partial charge in [-0.15, -0.1) is 0 Å². The predicted molar refractivity (Wildman–Crippen MR) is 82.2 cm³/mol. The summed E-state index contributed by atoms with van der Waals surface area (Å²) in [4.78, 5) is 14.5. The van der Waals surface area contributed by atoms with Gasteiger partial charge in [-0.05, 0) is 63.0 Å². The average Bonchev–Trinajstić information content (AvgIpc) is 2.41. The van der Waals surface area contributed by atoms with Crippen LogP contribution in [0.5, 0.6) is 0 Å². The summed E-state index contributed by atoms with van der Waals surface area (Å²) in [5, 5.41) is 2.98. The molecule has 0 aromatic heterocycles. The van der Waals surface area contributed by atoms with Gasteiger partial charge in [0.2, 0.25) is 5.91 Å². The Bertz CT molecular complexity index is 424. The van der Waals surface area contributed by atoms with Gasteiger partial charge in [-0.2, -0.15) is 0 Å². The van der Waals surface area contributed by atoms with E-state index < -0.39 is 0 Å². The smallest absolute Gasteiger partial charge is 0.241 e. The molecule has 2 rings (SSSR count). The Balaban J connectivity index is 1.90. The molecule has 1 amide bonds. The van der Waals surface area contributed by atoms with Crippen molar-refractivity contribution < 1.29 is 4.79 Å². The first-order valence-electron chi connectivity index (χ1n) is 6.87. The first-order valence-corrected chi connectivity index (χ1v) is 7.66. The second-order valence-corrected chi connectivity index (χ2v) is 6.31. The van der Waals surface area contributed by atoms with Crippen LogP contribution in [0.4, 0.5) is 5.69 Å². The van der Waals surface area contributed by atoms with Gasteiger partial charge in [-0.1, -0.05) is 22.9 Å². The molecule has 0 saturated carbocycles. The molecule has 104 valence electrons. The Kier molecular flexibility index (Phi) is 4.99. The Morgan fingerprint density at radius 3 is 2.47 bits per heavy atom. The predicted octanol–water partition coefficient (Wildman–Crippen LogP) is 3.51. The highest BCUT2D eigenvalue weighted by molar-refractivity contribution is 9.10. The van der Waals surface area contributed by atoms with Crippen LogP contribution in [0.15, 0.2) is 28.7 Å². The number of hydrogen-bond donors (Lipinski definition) is 1. The summed E-state index contributed by atoms with van der Waals surface area (Å²) in [6, 6.07) is 7.63. The highest BCUT2D eigenvalue weighted by Crippen LogP contribution is 2.19. The number of carbonyl (C=O) groups is 1. The minimum atomic E-state index is -0.0591. The highest BCUT2D eigenvalue weighted by atomic mass is 79.9. The van der Waals surface area contributed by atoms with E-state index in [0.29, 0.717) is 0 Å². The fourth-order valence-corrected chi connectivity index (χ4v) is 2.63. The van der Waals surface area contributed by atoms with E-state index in [1.165, 1.54) is 12.8 Å². The van der Waals surface area contributed by atoms with Gasteiger partial charge >= 0.3 is 0 Å². The van der Waals surface area contributed by atoms with Crippen molar-refractivity contribution in [3.05, 3.63) is 28.7 Å². The zero-order valence-corrected chi connectivity index (χ0v) is 13.1. The maximum absolute atomic E-state index is 12.2. The van der Waals surface area contributed by atoms with Crippen LogP contribution in [0.2, 0.25) is 0 Å². The maximum Gasteiger partial charge on any atom is 0.241 e. The van der Waals surface area contributed by atoms with E-state index in [2.05, 4.69) is 33.1 Å². The number of anilines is 1. The lowest BCUT2D eigenvalue weighted by Crippen LogP contribution is -2.45. The third-order valence-electron chi connectivity index (χ3n) is 3.86. The molecule has 1 fully saturated rings. The maximum atomic E-state index is 12.2. The Hall–Kier alpha value is -0.870. The van der Waals surface area contributed by atoms with Gasteiger partial charge in [-0.3, -0.25) is 9.69 Å². The molecule has 0 spiro atoms. The first-order chi connectivity index (χ1) is 9.06. The topological polar surface area (TPSA) is 32.3 Å². The van der Waals surface area contributed by atoms with Gasteiger partial charge in [-0.25, -0.2) is 0 Å². The Labute approximate surface area is 123 Å². The van der Waals surface area contributed by atoms with Gasteiger partial charge in [0.05, 0.1) is 6.04 Å². The Morgan fingerprint density at radius 2 is 1.89 bits per heavy atom. The summed E-state index contributed by atoms with van der Waals surface area (Å²) < 4.78 is 1.02. The molecule has 1 aromatic rings. The Morgan fingerprint density at radius 1 is 1.32 bits per heavy atom. The van der Waals surface area contributed by atoms with Crippen molar-refractivity contribution in [2.45, 2.75) is 32.7 Å². The lowest BCUT2D eigenvalue weighted by atomic mass is 9.98. The van der Waals surface area contributed by atoms with E-state index in [9.17, 15) is 4.79 Å². The lowest BCUT2D eigenvalue weighted by molar-refractivity contribution is -0.121. The van der Waals surface area contributed by atoms with Crippen molar-refractivity contribution in [2.75, 3.05) is 18.4 Å². The fraction of sp³-hybridized carbons (Fsp3) is 0.533. The second kappa shape index (κ2) is 6.53. The van der Waals surface area contributed by atoms with E-state index >= 15 is 0 Å². The number of carbonyl (C=O) groups excluding carboxylic acids is 1. The molecule has 1 unspecified atom stereocenters. The molecule has 1 atom stereocenters. The number of likely N-dealkylation sites (tertiary alicyclic amines) is 1. The molecule has 19 heavy (non-hydrogen) atoms. The van der Waals surface area contributed by atoms with Gasteiger partial charge < -0.3 is 5.32 Å². The van der Waals surface area contributed by atoms with Crippen molar-refractivity contribution in [3.8, 4) is 0 Å². The molecular formula is C15H21BrN2O. The normalized spacial score (nSPS) is 19.1. The van der Waals surface area contributed by atoms with E-state index in [1.54, 1.807) is 0 Å². The number of piperidine rings is 1. The van der Waals surface area contributed by atoms with Crippen LogP contribution in [0.3, 0.4) is 0 Å². The van der Waals surface area contributed by atoms with Crippen molar-refractivity contribution >= 4 is 27.5 Å². The summed E-state index contributed by atoms with van der Waals surface area (Å²) in [7, 11) is 0. The zero-order chi connectivity index (χ0) is 13.8. The van der Waals surface area contributed by atoms with Crippen molar-refractivity contribution in [1.29, 1.82) is 0 Å². The molecule has 1 N–H and O–H groups in total.